The van der Waals surface area contributed by atoms with Gasteiger partial charge >= 0.3 is 0 Å². The predicted molar refractivity (Wildman–Crippen MR) is 116 cm³/mol. The lowest BCUT2D eigenvalue weighted by atomic mass is 10.1. The van der Waals surface area contributed by atoms with Gasteiger partial charge in [-0.2, -0.15) is 5.10 Å². The molecule has 1 N–H and O–H groups in total. The summed E-state index contributed by atoms with van der Waals surface area (Å²) in [5.74, 6) is 1.40. The molecule has 1 aromatic heterocycles. The van der Waals surface area contributed by atoms with Gasteiger partial charge in [-0.1, -0.05) is 35.3 Å². The van der Waals surface area contributed by atoms with Gasteiger partial charge in [0.15, 0.2) is 6.61 Å². The monoisotopic (exact) mass is 430 g/mol. The maximum Gasteiger partial charge on any atom is 0.277 e. The highest BCUT2D eigenvalue weighted by Crippen LogP contribution is 2.31. The summed E-state index contributed by atoms with van der Waals surface area (Å²) in [4.78, 5) is 12.0. The summed E-state index contributed by atoms with van der Waals surface area (Å²) >= 11 is 12.1. The molecule has 1 heterocycles. The number of hydrogen-bond acceptors (Lipinski definition) is 4. The van der Waals surface area contributed by atoms with Crippen LogP contribution in [0.25, 0.3) is 11.3 Å². The molecule has 0 fully saturated rings. The van der Waals surface area contributed by atoms with E-state index in [1.165, 1.54) is 6.21 Å². The van der Waals surface area contributed by atoms with Crippen LogP contribution >= 0.6 is 23.2 Å². The molecule has 0 aliphatic carbocycles. The number of nitrogens with zero attached hydrogens (tertiary/aromatic N) is 1. The zero-order valence-corrected chi connectivity index (χ0v) is 17.8. The molecule has 0 radical (unpaired) electrons. The van der Waals surface area contributed by atoms with Crippen LogP contribution < -0.4 is 10.2 Å². The summed E-state index contributed by atoms with van der Waals surface area (Å²) in [5.41, 5.74) is 6.25. The van der Waals surface area contributed by atoms with Crippen molar-refractivity contribution < 1.29 is 13.9 Å². The minimum absolute atomic E-state index is 0.133. The molecule has 0 spiro atoms. The molecule has 0 aliphatic rings. The van der Waals surface area contributed by atoms with Crippen molar-refractivity contribution in [2.75, 3.05) is 6.61 Å². The van der Waals surface area contributed by atoms with E-state index in [0.717, 1.165) is 28.0 Å². The Labute approximate surface area is 179 Å². The molecule has 3 rings (SSSR count). The Bertz CT molecular complexity index is 1070. The lowest BCUT2D eigenvalue weighted by Crippen LogP contribution is -2.25. The zero-order chi connectivity index (χ0) is 21.0. The number of carbonyl (C=O) groups excluding carboxylic acids is 1. The smallest absolute Gasteiger partial charge is 0.277 e. The number of amides is 1. The minimum atomic E-state index is -0.367. The molecule has 0 saturated carbocycles. The molecule has 0 aliphatic heterocycles. The van der Waals surface area contributed by atoms with Gasteiger partial charge in [-0.05, 0) is 67.8 Å². The van der Waals surface area contributed by atoms with E-state index in [-0.39, 0.29) is 12.5 Å². The van der Waals surface area contributed by atoms with Crippen LogP contribution in [0.3, 0.4) is 0 Å². The Morgan fingerprint density at radius 2 is 1.86 bits per heavy atom. The highest BCUT2D eigenvalue weighted by atomic mass is 35.5. The van der Waals surface area contributed by atoms with Crippen molar-refractivity contribution in [2.24, 2.45) is 5.10 Å². The fourth-order valence-electron chi connectivity index (χ4n) is 2.74. The lowest BCUT2D eigenvalue weighted by molar-refractivity contribution is -0.123. The third-order valence-electron chi connectivity index (χ3n) is 4.43. The summed E-state index contributed by atoms with van der Waals surface area (Å²) in [5, 5.41) is 4.94. The van der Waals surface area contributed by atoms with Gasteiger partial charge in [-0.3, -0.25) is 4.79 Å². The van der Waals surface area contributed by atoms with E-state index in [9.17, 15) is 4.79 Å². The molecule has 0 saturated heterocycles. The number of rotatable bonds is 6. The van der Waals surface area contributed by atoms with Crippen molar-refractivity contribution in [3.05, 3.63) is 75.0 Å². The molecular formula is C22H20Cl2N2O3. The van der Waals surface area contributed by atoms with Gasteiger partial charge in [-0.15, -0.1) is 0 Å². The number of benzene rings is 2. The van der Waals surface area contributed by atoms with E-state index >= 15 is 0 Å². The van der Waals surface area contributed by atoms with Gasteiger partial charge in [0.05, 0.1) is 11.2 Å². The Balaban J connectivity index is 1.57. The van der Waals surface area contributed by atoms with Crippen LogP contribution in [-0.2, 0) is 4.79 Å². The van der Waals surface area contributed by atoms with Crippen LogP contribution in [0.5, 0.6) is 5.75 Å². The molecule has 150 valence electrons. The van der Waals surface area contributed by atoms with Crippen molar-refractivity contribution in [3.8, 4) is 17.1 Å². The third kappa shape index (κ3) is 5.19. The van der Waals surface area contributed by atoms with Crippen molar-refractivity contribution in [3.63, 3.8) is 0 Å². The number of nitrogens with one attached hydrogen (secondary N) is 1. The number of halogens is 2. The summed E-state index contributed by atoms with van der Waals surface area (Å²) in [6.45, 7) is 5.78. The Morgan fingerprint density at radius 3 is 2.62 bits per heavy atom. The Hall–Kier alpha value is -2.76. The molecule has 29 heavy (non-hydrogen) atoms. The molecule has 3 aromatic rings. The summed E-state index contributed by atoms with van der Waals surface area (Å²) in [6.07, 6.45) is 1.41. The number of hydrazone groups is 1. The van der Waals surface area contributed by atoms with Crippen molar-refractivity contribution in [1.82, 2.24) is 5.43 Å². The van der Waals surface area contributed by atoms with Gasteiger partial charge in [0.25, 0.3) is 5.91 Å². The normalized spacial score (nSPS) is 11.1. The topological polar surface area (TPSA) is 63.8 Å². The van der Waals surface area contributed by atoms with Crippen LogP contribution in [-0.4, -0.2) is 18.7 Å². The summed E-state index contributed by atoms with van der Waals surface area (Å²) < 4.78 is 11.3. The molecule has 0 unspecified atom stereocenters. The fourth-order valence-corrected chi connectivity index (χ4v) is 3.24. The second-order valence-electron chi connectivity index (χ2n) is 6.56. The second kappa shape index (κ2) is 9.16. The van der Waals surface area contributed by atoms with E-state index in [1.807, 2.05) is 32.9 Å². The van der Waals surface area contributed by atoms with Crippen LogP contribution in [0.1, 0.15) is 22.5 Å². The number of carbonyl (C=O) groups is 1. The van der Waals surface area contributed by atoms with E-state index in [4.69, 9.17) is 32.4 Å². The number of ether oxygens (including phenoxy) is 1. The number of hydrogen-bond donors (Lipinski definition) is 1. The van der Waals surface area contributed by atoms with Gasteiger partial charge in [0, 0.05) is 10.6 Å². The molecule has 7 heteroatoms. The Morgan fingerprint density at radius 1 is 1.10 bits per heavy atom. The summed E-state index contributed by atoms with van der Waals surface area (Å²) in [6, 6.07) is 12.6. The standard InChI is InChI=1S/C22H20Cl2N2O3/c1-13-4-5-14(2)22(15(13)3)28-12-21(27)26-25-11-17-7-9-20(29-17)18-8-6-16(23)10-19(18)24/h4-11H,12H2,1-3H3,(H,26,27). The van der Waals surface area contributed by atoms with Gasteiger partial charge < -0.3 is 9.15 Å². The van der Waals surface area contributed by atoms with Crippen LogP contribution in [0, 0.1) is 20.8 Å². The van der Waals surface area contributed by atoms with Crippen LogP contribution in [0.2, 0.25) is 10.0 Å². The zero-order valence-electron chi connectivity index (χ0n) is 16.3. The molecule has 0 atom stereocenters. The molecule has 0 bridgehead atoms. The maximum absolute atomic E-state index is 12.0. The van der Waals surface area contributed by atoms with Crippen molar-refractivity contribution in [1.29, 1.82) is 0 Å². The van der Waals surface area contributed by atoms with E-state index < -0.39 is 0 Å². The average molecular weight is 431 g/mol. The van der Waals surface area contributed by atoms with Crippen molar-refractivity contribution >= 4 is 35.3 Å². The van der Waals surface area contributed by atoms with Gasteiger partial charge in [0.2, 0.25) is 0 Å². The lowest BCUT2D eigenvalue weighted by Gasteiger charge is -2.13. The molecule has 1 amide bonds. The number of furan rings is 1. The first-order valence-corrected chi connectivity index (χ1v) is 9.67. The van der Waals surface area contributed by atoms with E-state index in [1.54, 1.807) is 30.3 Å². The van der Waals surface area contributed by atoms with Gasteiger partial charge in [0.1, 0.15) is 17.3 Å². The highest BCUT2D eigenvalue weighted by molar-refractivity contribution is 6.36. The van der Waals surface area contributed by atoms with Crippen LogP contribution in [0.15, 0.2) is 52.0 Å². The summed E-state index contributed by atoms with van der Waals surface area (Å²) in [7, 11) is 0. The first kappa shape index (κ1) is 21.0. The van der Waals surface area contributed by atoms with Crippen LogP contribution in [0.4, 0.5) is 0 Å². The minimum Gasteiger partial charge on any atom is -0.483 e. The quantitative estimate of drug-likeness (QED) is 0.402. The molecular weight excluding hydrogens is 411 g/mol. The first-order chi connectivity index (χ1) is 13.8. The molecule has 2 aromatic carbocycles. The average Bonchev–Trinajstić information content (AvgIpc) is 3.13. The molecule has 5 nitrogen and oxygen atoms in total. The Kier molecular flexibility index (Phi) is 6.62. The maximum atomic E-state index is 12.0. The highest BCUT2D eigenvalue weighted by Gasteiger charge is 2.10. The predicted octanol–water partition coefficient (Wildman–Crippen LogP) is 5.71. The SMILES string of the molecule is Cc1ccc(C)c(OCC(=O)NN=Cc2ccc(-c3ccc(Cl)cc3Cl)o2)c1C. The second-order valence-corrected chi connectivity index (χ2v) is 7.41. The van der Waals surface area contributed by atoms with Gasteiger partial charge in [-0.25, -0.2) is 5.43 Å². The van der Waals surface area contributed by atoms with E-state index in [0.29, 0.717) is 21.6 Å². The number of aryl methyl sites for hydroxylation is 2. The van der Waals surface area contributed by atoms with Crippen molar-refractivity contribution in [2.45, 2.75) is 20.8 Å². The first-order valence-electron chi connectivity index (χ1n) is 8.92. The third-order valence-corrected chi connectivity index (χ3v) is 4.97. The fraction of sp³-hybridized carbons (Fsp3) is 0.182. The van der Waals surface area contributed by atoms with E-state index in [2.05, 4.69) is 10.5 Å². The largest absolute Gasteiger partial charge is 0.483 e.